The van der Waals surface area contributed by atoms with Crippen LogP contribution in [0.5, 0.6) is 0 Å². The van der Waals surface area contributed by atoms with Gasteiger partial charge in [-0.1, -0.05) is 19.1 Å². The van der Waals surface area contributed by atoms with Gasteiger partial charge < -0.3 is 4.90 Å². The van der Waals surface area contributed by atoms with Crippen molar-refractivity contribution in [2.75, 3.05) is 31.3 Å². The van der Waals surface area contributed by atoms with E-state index in [2.05, 4.69) is 27.2 Å². The first kappa shape index (κ1) is 19.4. The normalized spacial score (nSPS) is 20.6. The van der Waals surface area contributed by atoms with Crippen molar-refractivity contribution in [1.82, 2.24) is 25.1 Å². The Bertz CT molecular complexity index is 741. The quantitative estimate of drug-likeness (QED) is 0.686. The van der Waals surface area contributed by atoms with Crippen LogP contribution in [0.2, 0.25) is 0 Å². The second-order valence-electron chi connectivity index (χ2n) is 6.92. The molecule has 1 amide bonds. The summed E-state index contributed by atoms with van der Waals surface area (Å²) in [6, 6.07) is 6.13. The highest BCUT2D eigenvalue weighted by molar-refractivity contribution is 5.89. The third-order valence-corrected chi connectivity index (χ3v) is 4.95. The lowest BCUT2D eigenvalue weighted by Crippen LogP contribution is -2.43. The molecule has 0 unspecified atom stereocenters. The van der Waals surface area contributed by atoms with Crippen LogP contribution in [0.25, 0.3) is 0 Å². The third kappa shape index (κ3) is 5.08. The summed E-state index contributed by atoms with van der Waals surface area (Å²) in [6.45, 7) is 7.37. The van der Waals surface area contributed by atoms with Crippen molar-refractivity contribution >= 4 is 11.6 Å². The molecule has 3 rings (SSSR count). The minimum atomic E-state index is -0.475. The van der Waals surface area contributed by atoms with Crippen molar-refractivity contribution in [3.05, 3.63) is 36.4 Å². The lowest BCUT2D eigenvalue weighted by molar-refractivity contribution is -0.125. The summed E-state index contributed by atoms with van der Waals surface area (Å²) in [5, 5.41) is 12.7. The maximum absolute atomic E-state index is 14.0. The summed E-state index contributed by atoms with van der Waals surface area (Å²) < 4.78 is 14.0. The summed E-state index contributed by atoms with van der Waals surface area (Å²) in [5.41, 5.74) is 0.149. The van der Waals surface area contributed by atoms with Gasteiger partial charge in [-0.15, -0.1) is 10.2 Å². The minimum absolute atomic E-state index is 0.149. The molecule has 2 atom stereocenters. The van der Waals surface area contributed by atoms with Crippen molar-refractivity contribution in [1.29, 1.82) is 0 Å². The van der Waals surface area contributed by atoms with Gasteiger partial charge in [0.2, 0.25) is 5.91 Å². The van der Waals surface area contributed by atoms with Crippen LogP contribution >= 0.6 is 0 Å². The van der Waals surface area contributed by atoms with Crippen molar-refractivity contribution < 1.29 is 14.0 Å². The first-order valence-corrected chi connectivity index (χ1v) is 9.16. The maximum Gasteiger partial charge on any atom is 0.247 e. The highest BCUT2D eigenvalue weighted by Crippen LogP contribution is 2.26. The van der Waals surface area contributed by atoms with Gasteiger partial charge in [0.1, 0.15) is 11.5 Å². The van der Waals surface area contributed by atoms with Gasteiger partial charge in [0.15, 0.2) is 6.33 Å². The second kappa shape index (κ2) is 9.01. The van der Waals surface area contributed by atoms with Crippen LogP contribution < -0.4 is 5.06 Å². The number of aromatic nitrogens is 4. The molecule has 1 aromatic heterocycles. The van der Waals surface area contributed by atoms with E-state index >= 15 is 0 Å². The van der Waals surface area contributed by atoms with Gasteiger partial charge in [-0.2, -0.15) is 9.86 Å². The molecule has 1 aliphatic rings. The molecule has 0 bridgehead atoms. The van der Waals surface area contributed by atoms with E-state index in [1.165, 1.54) is 19.3 Å². The second-order valence-corrected chi connectivity index (χ2v) is 6.92. The summed E-state index contributed by atoms with van der Waals surface area (Å²) in [4.78, 5) is 21.6. The number of likely N-dealkylation sites (tertiary alicyclic amines) is 1. The maximum atomic E-state index is 14.0. The van der Waals surface area contributed by atoms with Crippen LogP contribution in [-0.2, 0) is 16.2 Å². The zero-order chi connectivity index (χ0) is 19.2. The molecule has 8 nitrogen and oxygen atoms in total. The monoisotopic (exact) mass is 376 g/mol. The highest BCUT2D eigenvalue weighted by Gasteiger charge is 2.28. The molecule has 146 valence electrons. The zero-order valence-electron chi connectivity index (χ0n) is 15.7. The van der Waals surface area contributed by atoms with Gasteiger partial charge in [0.05, 0.1) is 13.2 Å². The summed E-state index contributed by atoms with van der Waals surface area (Å²) in [7, 11) is 0. The van der Waals surface area contributed by atoms with E-state index < -0.39 is 5.82 Å². The van der Waals surface area contributed by atoms with Crippen LogP contribution in [0, 0.1) is 17.7 Å². The molecule has 0 aliphatic carbocycles. The number of para-hydroxylation sites is 1. The number of benzene rings is 1. The Morgan fingerprint density at radius 3 is 2.85 bits per heavy atom. The van der Waals surface area contributed by atoms with Crippen molar-refractivity contribution in [2.24, 2.45) is 11.8 Å². The van der Waals surface area contributed by atoms with Gasteiger partial charge in [-0.25, -0.2) is 4.39 Å². The van der Waals surface area contributed by atoms with Gasteiger partial charge >= 0.3 is 0 Å². The van der Waals surface area contributed by atoms with Crippen molar-refractivity contribution in [2.45, 2.75) is 26.8 Å². The Hall–Kier alpha value is -2.39. The molecule has 0 spiro atoms. The largest absolute Gasteiger partial charge is 0.301 e. The Balaban J connectivity index is 1.50. The molecular formula is C18H25FN6O2. The summed E-state index contributed by atoms with van der Waals surface area (Å²) in [6.07, 6.45) is 2.39. The number of halogens is 1. The third-order valence-electron chi connectivity index (χ3n) is 4.95. The number of nitrogens with zero attached hydrogens (tertiary/aromatic N) is 6. The Kier molecular flexibility index (Phi) is 6.46. The smallest absolute Gasteiger partial charge is 0.247 e. The molecule has 1 fully saturated rings. The van der Waals surface area contributed by atoms with E-state index in [1.807, 2.05) is 0 Å². The number of hydroxylamine groups is 1. The Morgan fingerprint density at radius 1 is 1.37 bits per heavy atom. The number of carbonyl (C=O) groups is 1. The fraction of sp³-hybridized carbons (Fsp3) is 0.556. The molecule has 0 saturated carbocycles. The lowest BCUT2D eigenvalue weighted by Gasteiger charge is -2.37. The van der Waals surface area contributed by atoms with E-state index in [-0.39, 0.29) is 11.6 Å². The molecule has 1 saturated heterocycles. The number of hydrogen-bond donors (Lipinski definition) is 0. The molecule has 0 radical (unpaired) electrons. The van der Waals surface area contributed by atoms with Gasteiger partial charge in [0.25, 0.3) is 0 Å². The molecule has 0 N–H and O–H groups in total. The number of amides is 1. The van der Waals surface area contributed by atoms with Gasteiger partial charge in [-0.05, 0) is 42.1 Å². The molecule has 1 aromatic carbocycles. The van der Waals surface area contributed by atoms with E-state index in [0.717, 1.165) is 31.1 Å². The van der Waals surface area contributed by atoms with Crippen LogP contribution in [0.1, 0.15) is 20.3 Å². The predicted molar refractivity (Wildman–Crippen MR) is 97.0 cm³/mol. The zero-order valence-corrected chi connectivity index (χ0v) is 15.7. The molecule has 1 aliphatic heterocycles. The van der Waals surface area contributed by atoms with Crippen molar-refractivity contribution in [3.63, 3.8) is 0 Å². The number of hydrogen-bond acceptors (Lipinski definition) is 6. The van der Waals surface area contributed by atoms with Crippen LogP contribution in [-0.4, -0.2) is 57.3 Å². The fourth-order valence-corrected chi connectivity index (χ4v) is 3.37. The van der Waals surface area contributed by atoms with E-state index in [9.17, 15) is 9.18 Å². The molecule has 2 aromatic rings. The summed E-state index contributed by atoms with van der Waals surface area (Å²) >= 11 is 0. The number of rotatable bonds is 7. The van der Waals surface area contributed by atoms with Gasteiger partial charge in [-0.3, -0.25) is 9.63 Å². The number of piperidine rings is 1. The standard InChI is InChI=1S/C18H25FN6O2/c1-14-11-23(9-10-24-21-13-20-22-24)8-7-16(14)12-27-25(15(2)26)18-6-4-3-5-17(18)19/h3-6,13-14,16H,7-12H2,1-2H3/t14-,16-/m1/s1. The minimum Gasteiger partial charge on any atom is -0.301 e. The van der Waals surface area contributed by atoms with Gasteiger partial charge in [0, 0.05) is 20.0 Å². The predicted octanol–water partition coefficient (Wildman–Crippen LogP) is 1.75. The van der Waals surface area contributed by atoms with E-state index in [0.29, 0.717) is 25.0 Å². The number of carbonyl (C=O) groups excluding carboxylic acids is 1. The molecule has 27 heavy (non-hydrogen) atoms. The average Bonchev–Trinajstić information content (AvgIpc) is 3.16. The van der Waals surface area contributed by atoms with Crippen LogP contribution in [0.3, 0.4) is 0 Å². The fourth-order valence-electron chi connectivity index (χ4n) is 3.37. The number of anilines is 1. The van der Waals surface area contributed by atoms with E-state index in [4.69, 9.17) is 4.84 Å². The lowest BCUT2D eigenvalue weighted by atomic mass is 9.87. The van der Waals surface area contributed by atoms with Crippen LogP contribution in [0.15, 0.2) is 30.6 Å². The van der Waals surface area contributed by atoms with E-state index in [1.54, 1.807) is 23.0 Å². The topological polar surface area (TPSA) is 76.4 Å². The molecule has 2 heterocycles. The first-order valence-electron chi connectivity index (χ1n) is 9.16. The van der Waals surface area contributed by atoms with Crippen molar-refractivity contribution in [3.8, 4) is 0 Å². The number of tetrazole rings is 1. The highest BCUT2D eigenvalue weighted by atomic mass is 19.1. The Morgan fingerprint density at radius 2 is 2.19 bits per heavy atom. The van der Waals surface area contributed by atoms with Crippen LogP contribution in [0.4, 0.5) is 10.1 Å². The Labute approximate surface area is 157 Å². The molecular weight excluding hydrogens is 351 g/mol. The summed E-state index contributed by atoms with van der Waals surface area (Å²) in [5.74, 6) is -0.112. The SMILES string of the molecule is CC(=O)N(OC[C@H]1CCN(CCn2ncnn2)C[C@H]1C)c1ccccc1F. The first-order chi connectivity index (χ1) is 13.0. The average molecular weight is 376 g/mol. The molecule has 9 heteroatoms.